The lowest BCUT2D eigenvalue weighted by Gasteiger charge is -2.22. The molecular weight excluding hydrogens is 230 g/mol. The van der Waals surface area contributed by atoms with E-state index >= 15 is 0 Å². The molecule has 0 aromatic heterocycles. The van der Waals surface area contributed by atoms with E-state index in [-0.39, 0.29) is 24.8 Å². The lowest BCUT2D eigenvalue weighted by molar-refractivity contribution is -0.143. The maximum Gasteiger partial charge on any atom is 0.321 e. The molecule has 0 saturated heterocycles. The monoisotopic (exact) mass is 251 g/mol. The Hall–Kier alpha value is -0.620. The molecule has 0 unspecified atom stereocenters. The summed E-state index contributed by atoms with van der Waals surface area (Å²) in [6.07, 6.45) is 0. The summed E-state index contributed by atoms with van der Waals surface area (Å²) < 4.78 is 29.3. The van der Waals surface area contributed by atoms with E-state index in [0.29, 0.717) is 6.54 Å². The van der Waals surface area contributed by atoms with Gasteiger partial charge < -0.3 is 4.74 Å². The quantitative estimate of drug-likeness (QED) is 0.629. The fraction of sp³-hybridized carbons (Fsp3) is 0.900. The molecule has 0 aliphatic heterocycles. The van der Waals surface area contributed by atoms with Crippen molar-refractivity contribution < 1.29 is 17.9 Å². The lowest BCUT2D eigenvalue weighted by Crippen LogP contribution is -2.39. The van der Waals surface area contributed by atoms with Crippen molar-refractivity contribution in [3.8, 4) is 0 Å². The van der Waals surface area contributed by atoms with Gasteiger partial charge in [-0.1, -0.05) is 13.8 Å². The summed E-state index contributed by atoms with van der Waals surface area (Å²) in [5.74, 6) is -0.324. The van der Waals surface area contributed by atoms with Crippen LogP contribution in [0.2, 0.25) is 0 Å². The van der Waals surface area contributed by atoms with Crippen LogP contribution in [0.3, 0.4) is 0 Å². The number of sulfonamides is 1. The first-order valence-corrected chi connectivity index (χ1v) is 7.07. The van der Waals surface area contributed by atoms with Crippen molar-refractivity contribution in [2.24, 2.45) is 5.92 Å². The summed E-state index contributed by atoms with van der Waals surface area (Å²) >= 11 is 0. The lowest BCUT2D eigenvalue weighted by atomic mass is 10.2. The molecule has 0 N–H and O–H groups in total. The van der Waals surface area contributed by atoms with E-state index in [1.165, 1.54) is 4.31 Å². The van der Waals surface area contributed by atoms with Gasteiger partial charge in [-0.3, -0.25) is 4.79 Å². The highest BCUT2D eigenvalue weighted by atomic mass is 32.2. The summed E-state index contributed by atoms with van der Waals surface area (Å²) in [4.78, 5) is 11.3. The van der Waals surface area contributed by atoms with Crippen LogP contribution in [0.5, 0.6) is 0 Å². The molecule has 0 rings (SSSR count). The van der Waals surface area contributed by atoms with E-state index in [1.807, 2.05) is 13.8 Å². The van der Waals surface area contributed by atoms with Crippen LogP contribution in [-0.2, 0) is 19.6 Å². The van der Waals surface area contributed by atoms with Crippen LogP contribution in [0.25, 0.3) is 0 Å². The Morgan fingerprint density at radius 3 is 2.25 bits per heavy atom. The molecule has 0 amide bonds. The van der Waals surface area contributed by atoms with Gasteiger partial charge in [0, 0.05) is 6.54 Å². The minimum Gasteiger partial charge on any atom is -0.465 e. The Kier molecular flexibility index (Phi) is 6.59. The second kappa shape index (κ2) is 6.85. The van der Waals surface area contributed by atoms with Crippen LogP contribution in [0.1, 0.15) is 27.7 Å². The number of nitrogens with zero attached hydrogens (tertiary/aromatic N) is 1. The highest BCUT2D eigenvalue weighted by molar-refractivity contribution is 7.89. The molecule has 0 radical (unpaired) electrons. The first-order chi connectivity index (χ1) is 7.33. The van der Waals surface area contributed by atoms with Gasteiger partial charge in [-0.05, 0) is 19.8 Å². The normalized spacial score (nSPS) is 12.1. The van der Waals surface area contributed by atoms with E-state index in [2.05, 4.69) is 0 Å². The van der Waals surface area contributed by atoms with E-state index in [4.69, 9.17) is 4.74 Å². The summed E-state index contributed by atoms with van der Waals surface area (Å²) in [6.45, 7) is 7.48. The minimum absolute atomic E-state index is 0.000868. The Morgan fingerprint density at radius 1 is 1.31 bits per heavy atom. The standard InChI is InChI=1S/C10H21NO4S/c1-5-15-10(12)8-11(7-9(3)4)16(13,14)6-2/h9H,5-8H2,1-4H3. The number of hydrogen-bond donors (Lipinski definition) is 0. The van der Waals surface area contributed by atoms with Gasteiger partial charge in [-0.25, -0.2) is 8.42 Å². The molecule has 0 atom stereocenters. The summed E-state index contributed by atoms with van der Waals surface area (Å²) in [6, 6.07) is 0. The predicted molar refractivity (Wildman–Crippen MR) is 62.5 cm³/mol. The minimum atomic E-state index is -3.34. The number of rotatable bonds is 7. The molecule has 0 aromatic carbocycles. The average Bonchev–Trinajstić information content (AvgIpc) is 2.16. The molecule has 0 saturated carbocycles. The van der Waals surface area contributed by atoms with Crippen molar-refractivity contribution in [3.05, 3.63) is 0 Å². The topological polar surface area (TPSA) is 63.7 Å². The van der Waals surface area contributed by atoms with Gasteiger partial charge in [0.05, 0.1) is 12.4 Å². The van der Waals surface area contributed by atoms with Gasteiger partial charge in [0.15, 0.2) is 0 Å². The smallest absolute Gasteiger partial charge is 0.321 e. The highest BCUT2D eigenvalue weighted by Crippen LogP contribution is 2.06. The van der Waals surface area contributed by atoms with E-state index in [1.54, 1.807) is 13.8 Å². The van der Waals surface area contributed by atoms with E-state index < -0.39 is 16.0 Å². The summed E-state index contributed by atoms with van der Waals surface area (Å²) in [7, 11) is -3.34. The second-order valence-electron chi connectivity index (χ2n) is 3.89. The van der Waals surface area contributed by atoms with Gasteiger partial charge in [-0.2, -0.15) is 4.31 Å². The first-order valence-electron chi connectivity index (χ1n) is 5.46. The molecule has 0 bridgehead atoms. The Morgan fingerprint density at radius 2 is 1.88 bits per heavy atom. The number of carbonyl (C=O) groups is 1. The zero-order valence-electron chi connectivity index (χ0n) is 10.4. The fourth-order valence-corrected chi connectivity index (χ4v) is 2.41. The zero-order chi connectivity index (χ0) is 12.8. The van der Waals surface area contributed by atoms with E-state index in [0.717, 1.165) is 0 Å². The van der Waals surface area contributed by atoms with Crippen LogP contribution < -0.4 is 0 Å². The van der Waals surface area contributed by atoms with Crippen LogP contribution in [0.15, 0.2) is 0 Å². The first kappa shape index (κ1) is 15.4. The van der Waals surface area contributed by atoms with E-state index in [9.17, 15) is 13.2 Å². The molecule has 6 heteroatoms. The Balaban J connectivity index is 4.63. The highest BCUT2D eigenvalue weighted by Gasteiger charge is 2.23. The molecular formula is C10H21NO4S. The largest absolute Gasteiger partial charge is 0.465 e. The number of carbonyl (C=O) groups excluding carboxylic acids is 1. The summed E-state index contributed by atoms with van der Waals surface area (Å²) in [5.41, 5.74) is 0. The van der Waals surface area contributed by atoms with Crippen molar-refractivity contribution in [2.45, 2.75) is 27.7 Å². The van der Waals surface area contributed by atoms with Crippen molar-refractivity contribution in [3.63, 3.8) is 0 Å². The number of esters is 1. The Bertz CT molecular complexity index is 311. The molecule has 96 valence electrons. The molecule has 0 heterocycles. The molecule has 0 aromatic rings. The molecule has 0 fully saturated rings. The molecule has 5 nitrogen and oxygen atoms in total. The van der Waals surface area contributed by atoms with Crippen LogP contribution in [0, 0.1) is 5.92 Å². The predicted octanol–water partition coefficient (Wildman–Crippen LogP) is 0.857. The van der Waals surface area contributed by atoms with Gasteiger partial charge in [-0.15, -0.1) is 0 Å². The third-order valence-corrected chi connectivity index (χ3v) is 3.73. The molecule has 16 heavy (non-hydrogen) atoms. The third-order valence-electron chi connectivity index (χ3n) is 1.94. The van der Waals surface area contributed by atoms with Crippen molar-refractivity contribution >= 4 is 16.0 Å². The van der Waals surface area contributed by atoms with Crippen molar-refractivity contribution in [1.29, 1.82) is 0 Å². The average molecular weight is 251 g/mol. The van der Waals surface area contributed by atoms with Gasteiger partial charge >= 0.3 is 5.97 Å². The van der Waals surface area contributed by atoms with Crippen LogP contribution >= 0.6 is 0 Å². The van der Waals surface area contributed by atoms with Crippen LogP contribution in [-0.4, -0.2) is 44.1 Å². The number of hydrogen-bond acceptors (Lipinski definition) is 4. The van der Waals surface area contributed by atoms with Crippen LogP contribution in [0.4, 0.5) is 0 Å². The zero-order valence-corrected chi connectivity index (χ0v) is 11.2. The number of ether oxygens (including phenoxy) is 1. The maximum atomic E-state index is 11.7. The second-order valence-corrected chi connectivity index (χ2v) is 6.15. The van der Waals surface area contributed by atoms with Gasteiger partial charge in [0.1, 0.15) is 6.54 Å². The molecule has 0 spiro atoms. The van der Waals surface area contributed by atoms with Gasteiger partial charge in [0.25, 0.3) is 0 Å². The van der Waals surface area contributed by atoms with Crippen molar-refractivity contribution in [2.75, 3.05) is 25.4 Å². The fourth-order valence-electron chi connectivity index (χ4n) is 1.22. The van der Waals surface area contributed by atoms with Crippen molar-refractivity contribution in [1.82, 2.24) is 4.31 Å². The SMILES string of the molecule is CCOC(=O)CN(CC(C)C)S(=O)(=O)CC. The summed E-state index contributed by atoms with van der Waals surface area (Å²) in [5, 5.41) is 0. The van der Waals surface area contributed by atoms with Gasteiger partial charge in [0.2, 0.25) is 10.0 Å². The maximum absolute atomic E-state index is 11.7. The third kappa shape index (κ3) is 5.46. The Labute approximate surface area is 97.8 Å². The molecule has 0 aliphatic carbocycles. The molecule has 0 aliphatic rings.